The van der Waals surface area contributed by atoms with Gasteiger partial charge in [-0.1, -0.05) is 22.0 Å². The molecule has 0 saturated carbocycles. The molecule has 0 amide bonds. The molecule has 1 saturated heterocycles. The van der Waals surface area contributed by atoms with E-state index in [1.165, 1.54) is 17.0 Å². The highest BCUT2D eigenvalue weighted by Crippen LogP contribution is 2.32. The molecule has 2 N–H and O–H groups in total. The maximum Gasteiger partial charge on any atom is 0.150 e. The average molecular weight is 417 g/mol. The normalized spacial score (nSPS) is 15.5. The van der Waals surface area contributed by atoms with Gasteiger partial charge in [-0.25, -0.2) is 4.39 Å². The van der Waals surface area contributed by atoms with E-state index in [4.69, 9.17) is 0 Å². The number of nitrogens with one attached hydrogen (secondary N) is 1. The predicted octanol–water partition coefficient (Wildman–Crippen LogP) is 2.75. The highest BCUT2D eigenvalue weighted by atomic mass is 79.9. The van der Waals surface area contributed by atoms with Gasteiger partial charge in [-0.15, -0.1) is 0 Å². The Morgan fingerprint density at radius 3 is 2.62 bits per heavy atom. The first kappa shape index (κ1) is 17.2. The topological polar surface area (TPSA) is 40.8 Å². The van der Waals surface area contributed by atoms with Gasteiger partial charge < -0.3 is 14.9 Å². The lowest BCUT2D eigenvalue weighted by atomic mass is 10.1. The Bertz CT molecular complexity index is 924. The predicted molar refractivity (Wildman–Crippen MR) is 104 cm³/mol. The Morgan fingerprint density at radius 1 is 1.15 bits per heavy atom. The molecule has 0 atom stereocenters. The summed E-state index contributed by atoms with van der Waals surface area (Å²) in [5.74, 6) is 0.0706. The van der Waals surface area contributed by atoms with Crippen molar-refractivity contribution in [2.24, 2.45) is 0 Å². The lowest BCUT2D eigenvalue weighted by Crippen LogP contribution is -3.13. The molecule has 134 valence electrons. The Labute approximate surface area is 160 Å². The van der Waals surface area contributed by atoms with Gasteiger partial charge in [0.1, 0.15) is 17.9 Å². The number of nitrogens with zero attached hydrogens (tertiary/aromatic N) is 2. The van der Waals surface area contributed by atoms with Crippen molar-refractivity contribution < 1.29 is 14.4 Å². The van der Waals surface area contributed by atoms with Gasteiger partial charge in [0, 0.05) is 21.7 Å². The van der Waals surface area contributed by atoms with Crippen LogP contribution in [0, 0.1) is 5.82 Å². The van der Waals surface area contributed by atoms with Crippen LogP contribution < -0.4 is 9.80 Å². The van der Waals surface area contributed by atoms with E-state index in [-0.39, 0.29) is 11.6 Å². The molecule has 0 radical (unpaired) electrons. The number of aromatic hydroxyl groups is 1. The molecule has 4 nitrogen and oxygen atoms in total. The second-order valence-electron chi connectivity index (χ2n) is 6.66. The van der Waals surface area contributed by atoms with Crippen molar-refractivity contribution in [2.45, 2.75) is 6.54 Å². The highest BCUT2D eigenvalue weighted by molar-refractivity contribution is 9.10. The summed E-state index contributed by atoms with van der Waals surface area (Å²) in [6, 6.07) is 12.5. The van der Waals surface area contributed by atoms with Crippen molar-refractivity contribution in [3.63, 3.8) is 0 Å². The van der Waals surface area contributed by atoms with E-state index in [1.54, 1.807) is 6.20 Å². The first-order chi connectivity index (χ1) is 12.6. The Morgan fingerprint density at radius 2 is 1.88 bits per heavy atom. The number of pyridine rings is 1. The Balaban J connectivity index is 1.47. The van der Waals surface area contributed by atoms with Crippen LogP contribution in [0.3, 0.4) is 0 Å². The standard InChI is InChI=1S/C20H19BrFN3O/c21-18-12-14(20(26)19-17(18)2-1-7-23-19)13-24-8-10-25(11-9-24)16-5-3-15(22)4-6-16/h1-7,12,26H,8-11,13H2/p+1. The molecular weight excluding hydrogens is 397 g/mol. The molecule has 4 rings (SSSR count). The van der Waals surface area contributed by atoms with Crippen LogP contribution in [0.4, 0.5) is 10.1 Å². The van der Waals surface area contributed by atoms with Crippen LogP contribution in [0.15, 0.2) is 53.1 Å². The summed E-state index contributed by atoms with van der Waals surface area (Å²) in [6.07, 6.45) is 1.70. The van der Waals surface area contributed by atoms with Gasteiger partial charge in [-0.2, -0.15) is 0 Å². The molecule has 1 aliphatic rings. The summed E-state index contributed by atoms with van der Waals surface area (Å²) in [5.41, 5.74) is 2.61. The molecule has 2 aromatic carbocycles. The van der Waals surface area contributed by atoms with E-state index in [1.807, 2.05) is 30.3 Å². The third-order valence-electron chi connectivity index (χ3n) is 5.00. The third kappa shape index (κ3) is 3.39. The summed E-state index contributed by atoms with van der Waals surface area (Å²) in [7, 11) is 0. The zero-order valence-electron chi connectivity index (χ0n) is 14.3. The summed E-state index contributed by atoms with van der Waals surface area (Å²) < 4.78 is 14.0. The van der Waals surface area contributed by atoms with Crippen molar-refractivity contribution in [2.75, 3.05) is 31.1 Å². The van der Waals surface area contributed by atoms with Crippen molar-refractivity contribution >= 4 is 32.5 Å². The van der Waals surface area contributed by atoms with E-state index >= 15 is 0 Å². The maximum atomic E-state index is 13.1. The van der Waals surface area contributed by atoms with Gasteiger partial charge in [-0.05, 0) is 36.4 Å². The van der Waals surface area contributed by atoms with Crippen molar-refractivity contribution in [3.8, 4) is 5.75 Å². The molecule has 1 aromatic heterocycles. The molecular formula is C20H20BrFN3O+. The van der Waals surface area contributed by atoms with Crippen LogP contribution >= 0.6 is 15.9 Å². The minimum Gasteiger partial charge on any atom is -0.505 e. The summed E-state index contributed by atoms with van der Waals surface area (Å²) in [5, 5.41) is 11.5. The fourth-order valence-corrected chi connectivity index (χ4v) is 4.15. The first-order valence-electron chi connectivity index (χ1n) is 8.71. The number of phenols is 1. The maximum absolute atomic E-state index is 13.1. The second-order valence-corrected chi connectivity index (χ2v) is 7.51. The minimum atomic E-state index is -0.205. The number of piperazine rings is 1. The van der Waals surface area contributed by atoms with Gasteiger partial charge >= 0.3 is 0 Å². The molecule has 2 heterocycles. The quantitative estimate of drug-likeness (QED) is 0.689. The number of hydrogen-bond acceptors (Lipinski definition) is 3. The van der Waals surface area contributed by atoms with Crippen LogP contribution in [-0.2, 0) is 6.54 Å². The van der Waals surface area contributed by atoms with E-state index < -0.39 is 0 Å². The lowest BCUT2D eigenvalue weighted by molar-refractivity contribution is -0.914. The molecule has 1 aliphatic heterocycles. The van der Waals surface area contributed by atoms with E-state index in [9.17, 15) is 9.50 Å². The zero-order chi connectivity index (χ0) is 18.1. The van der Waals surface area contributed by atoms with Crippen molar-refractivity contribution in [1.29, 1.82) is 0 Å². The van der Waals surface area contributed by atoms with Crippen LogP contribution in [0.2, 0.25) is 0 Å². The van der Waals surface area contributed by atoms with Crippen LogP contribution in [0.5, 0.6) is 5.75 Å². The largest absolute Gasteiger partial charge is 0.505 e. The molecule has 0 spiro atoms. The number of hydrogen-bond donors (Lipinski definition) is 2. The van der Waals surface area contributed by atoms with Gasteiger partial charge in [0.2, 0.25) is 0 Å². The fraction of sp³-hybridized carbons (Fsp3) is 0.250. The van der Waals surface area contributed by atoms with E-state index in [0.29, 0.717) is 5.52 Å². The Hall–Kier alpha value is -2.18. The van der Waals surface area contributed by atoms with Crippen LogP contribution in [-0.4, -0.2) is 36.3 Å². The number of halogens is 2. The van der Waals surface area contributed by atoms with Gasteiger partial charge in [0.15, 0.2) is 5.75 Å². The summed E-state index contributed by atoms with van der Waals surface area (Å²) in [4.78, 5) is 8.02. The fourth-order valence-electron chi connectivity index (χ4n) is 3.55. The highest BCUT2D eigenvalue weighted by Gasteiger charge is 2.22. The molecule has 0 aliphatic carbocycles. The monoisotopic (exact) mass is 416 g/mol. The number of quaternary nitrogens is 1. The number of benzene rings is 2. The minimum absolute atomic E-state index is 0.205. The number of fused-ring (bicyclic) bond motifs is 1. The van der Waals surface area contributed by atoms with E-state index in [0.717, 1.165) is 53.8 Å². The third-order valence-corrected chi connectivity index (χ3v) is 5.65. The molecule has 26 heavy (non-hydrogen) atoms. The lowest BCUT2D eigenvalue weighted by Gasteiger charge is -2.33. The van der Waals surface area contributed by atoms with Crippen molar-refractivity contribution in [3.05, 3.63) is 64.5 Å². The van der Waals surface area contributed by atoms with Crippen LogP contribution in [0.25, 0.3) is 10.9 Å². The molecule has 3 aromatic rings. The smallest absolute Gasteiger partial charge is 0.150 e. The summed E-state index contributed by atoms with van der Waals surface area (Å²) in [6.45, 7) is 4.51. The molecule has 0 bridgehead atoms. The number of rotatable bonds is 3. The van der Waals surface area contributed by atoms with E-state index in [2.05, 4.69) is 25.8 Å². The Kier molecular flexibility index (Phi) is 4.78. The first-order valence-corrected chi connectivity index (χ1v) is 9.50. The number of phenolic OH excluding ortho intramolecular Hbond substituents is 1. The average Bonchev–Trinajstić information content (AvgIpc) is 2.67. The van der Waals surface area contributed by atoms with Crippen LogP contribution in [0.1, 0.15) is 5.56 Å². The molecule has 6 heteroatoms. The number of aromatic nitrogens is 1. The van der Waals surface area contributed by atoms with Gasteiger partial charge in [-0.3, -0.25) is 4.98 Å². The van der Waals surface area contributed by atoms with Gasteiger partial charge in [0.25, 0.3) is 0 Å². The second kappa shape index (κ2) is 7.21. The number of anilines is 1. The SMILES string of the molecule is Oc1c(C[NH+]2CCN(c3ccc(F)cc3)CC2)cc(Br)c2cccnc12. The summed E-state index contributed by atoms with van der Waals surface area (Å²) >= 11 is 3.59. The van der Waals surface area contributed by atoms with Crippen molar-refractivity contribution in [1.82, 2.24) is 4.98 Å². The molecule has 0 unspecified atom stereocenters. The zero-order valence-corrected chi connectivity index (χ0v) is 15.8. The van der Waals surface area contributed by atoms with Gasteiger partial charge in [0.05, 0.1) is 31.7 Å². The molecule has 1 fully saturated rings.